The first kappa shape index (κ1) is 16.7. The van der Waals surface area contributed by atoms with Crippen molar-refractivity contribution in [2.24, 2.45) is 9.98 Å². The summed E-state index contributed by atoms with van der Waals surface area (Å²) in [6.45, 7) is 0. The Hall–Kier alpha value is -3.16. The van der Waals surface area contributed by atoms with E-state index in [1.807, 2.05) is 48.5 Å². The van der Waals surface area contributed by atoms with E-state index in [2.05, 4.69) is 65.3 Å². The summed E-state index contributed by atoms with van der Waals surface area (Å²) in [5, 5.41) is 0. The maximum absolute atomic E-state index is 4.44. The number of hydrogen-bond donors (Lipinski definition) is 0. The van der Waals surface area contributed by atoms with Gasteiger partial charge in [-0.05, 0) is 35.4 Å². The molecule has 0 saturated heterocycles. The van der Waals surface area contributed by atoms with E-state index in [4.69, 9.17) is 0 Å². The van der Waals surface area contributed by atoms with E-state index in [9.17, 15) is 0 Å². The molecule has 0 heterocycles. The number of para-hydroxylation sites is 3. The highest BCUT2D eigenvalue weighted by Gasteiger charge is 2.07. The zero-order valence-corrected chi connectivity index (χ0v) is 14.6. The maximum Gasteiger partial charge on any atom is 0.100 e. The minimum atomic E-state index is 0.820. The molecule has 0 aliphatic carbocycles. The zero-order valence-electron chi connectivity index (χ0n) is 14.6. The summed E-state index contributed by atoms with van der Waals surface area (Å²) in [6, 6.07) is 29.1. The largest absolute Gasteiger partial charge is 0.377 e. The third kappa shape index (κ3) is 4.43. The molecule has 0 atom stereocenters. The van der Waals surface area contributed by atoms with Crippen LogP contribution in [0, 0.1) is 0 Å². The lowest BCUT2D eigenvalue weighted by Crippen LogP contribution is -2.11. The normalized spacial score (nSPS) is 10.0. The molecule has 0 aliphatic rings. The van der Waals surface area contributed by atoms with E-state index >= 15 is 0 Å². The Balaban J connectivity index is 1.88. The summed E-state index contributed by atoms with van der Waals surface area (Å²) in [5.41, 5.74) is 5.40. The third-order valence-electron chi connectivity index (χ3n) is 3.95. The van der Waals surface area contributed by atoms with Crippen molar-refractivity contribution in [3.63, 3.8) is 0 Å². The second-order valence-electron chi connectivity index (χ2n) is 5.99. The van der Waals surface area contributed by atoms with Crippen LogP contribution in [0.5, 0.6) is 0 Å². The SMILES string of the molecule is CN(C)c1ccccc1Cc1ccccc1N=C=Nc1ccccc1. The topological polar surface area (TPSA) is 28.0 Å². The standard InChI is InChI=1S/C22H21N3/c1-25(2)22-15-9-7-11-19(22)16-18-10-6-8-14-21(18)24-17-23-20-12-4-3-5-13-20/h3-15H,16H2,1-2H3. The van der Waals surface area contributed by atoms with Crippen molar-refractivity contribution < 1.29 is 0 Å². The van der Waals surface area contributed by atoms with Crippen LogP contribution in [0.2, 0.25) is 0 Å². The van der Waals surface area contributed by atoms with Gasteiger partial charge >= 0.3 is 0 Å². The van der Waals surface area contributed by atoms with E-state index in [-0.39, 0.29) is 0 Å². The van der Waals surface area contributed by atoms with Gasteiger partial charge < -0.3 is 4.90 Å². The van der Waals surface area contributed by atoms with Gasteiger partial charge in [0.2, 0.25) is 0 Å². The monoisotopic (exact) mass is 327 g/mol. The Labute approximate surface area is 149 Å². The molecule has 3 aromatic rings. The summed E-state index contributed by atoms with van der Waals surface area (Å²) in [7, 11) is 4.13. The van der Waals surface area contributed by atoms with Gasteiger partial charge in [0.15, 0.2) is 0 Å². The van der Waals surface area contributed by atoms with Gasteiger partial charge in [-0.25, -0.2) is 0 Å². The van der Waals surface area contributed by atoms with Crippen molar-refractivity contribution in [3.8, 4) is 0 Å². The summed E-state index contributed by atoms with van der Waals surface area (Å²) >= 11 is 0. The average molecular weight is 327 g/mol. The van der Waals surface area contributed by atoms with Crippen LogP contribution in [0.25, 0.3) is 0 Å². The molecule has 0 bridgehead atoms. The van der Waals surface area contributed by atoms with Gasteiger partial charge in [-0.2, -0.15) is 9.98 Å². The smallest absolute Gasteiger partial charge is 0.100 e. The molecular formula is C22H21N3. The van der Waals surface area contributed by atoms with E-state index in [1.54, 1.807) is 0 Å². The lowest BCUT2D eigenvalue weighted by molar-refractivity contribution is 1.08. The number of rotatable bonds is 5. The van der Waals surface area contributed by atoms with Crippen molar-refractivity contribution in [3.05, 3.63) is 90.0 Å². The first-order valence-corrected chi connectivity index (χ1v) is 8.28. The highest BCUT2D eigenvalue weighted by molar-refractivity contribution is 5.62. The lowest BCUT2D eigenvalue weighted by atomic mass is 10.0. The number of benzene rings is 3. The molecule has 0 unspecified atom stereocenters. The number of nitrogens with zero attached hydrogens (tertiary/aromatic N) is 3. The van der Waals surface area contributed by atoms with Crippen molar-refractivity contribution in [1.82, 2.24) is 0 Å². The van der Waals surface area contributed by atoms with Crippen LogP contribution in [-0.4, -0.2) is 20.1 Å². The molecule has 0 N–H and O–H groups in total. The quantitative estimate of drug-likeness (QED) is 0.570. The molecule has 0 amide bonds. The van der Waals surface area contributed by atoms with Crippen LogP contribution in [0.1, 0.15) is 11.1 Å². The highest BCUT2D eigenvalue weighted by Crippen LogP contribution is 2.26. The van der Waals surface area contributed by atoms with Crippen LogP contribution in [-0.2, 0) is 6.42 Å². The predicted molar refractivity (Wildman–Crippen MR) is 106 cm³/mol. The Morgan fingerprint density at radius 2 is 1.36 bits per heavy atom. The molecule has 3 rings (SSSR count). The fraction of sp³-hybridized carbons (Fsp3) is 0.136. The van der Waals surface area contributed by atoms with Crippen LogP contribution in [0.3, 0.4) is 0 Å². The van der Waals surface area contributed by atoms with Crippen molar-refractivity contribution in [2.45, 2.75) is 6.42 Å². The van der Waals surface area contributed by atoms with Gasteiger partial charge in [0.05, 0.1) is 11.4 Å². The molecule has 3 heteroatoms. The molecule has 0 fully saturated rings. The minimum absolute atomic E-state index is 0.820. The summed E-state index contributed by atoms with van der Waals surface area (Å²) in [4.78, 5) is 10.8. The van der Waals surface area contributed by atoms with Crippen molar-refractivity contribution in [2.75, 3.05) is 19.0 Å². The average Bonchev–Trinajstić information content (AvgIpc) is 2.64. The number of hydrogen-bond acceptors (Lipinski definition) is 3. The number of anilines is 1. The second-order valence-corrected chi connectivity index (χ2v) is 5.99. The van der Waals surface area contributed by atoms with Gasteiger partial charge in [-0.1, -0.05) is 54.6 Å². The van der Waals surface area contributed by atoms with E-state index < -0.39 is 0 Å². The van der Waals surface area contributed by atoms with Gasteiger partial charge in [0, 0.05) is 26.2 Å². The molecule has 0 spiro atoms. The molecule has 124 valence electrons. The predicted octanol–water partition coefficient (Wildman–Crippen LogP) is 5.48. The lowest BCUT2D eigenvalue weighted by Gasteiger charge is -2.17. The minimum Gasteiger partial charge on any atom is -0.377 e. The second kappa shape index (κ2) is 8.09. The van der Waals surface area contributed by atoms with Gasteiger partial charge in [0.1, 0.15) is 6.01 Å². The van der Waals surface area contributed by atoms with Crippen molar-refractivity contribution in [1.29, 1.82) is 0 Å². The summed E-state index contributed by atoms with van der Waals surface area (Å²) in [5.74, 6) is 0. The van der Waals surface area contributed by atoms with Gasteiger partial charge in [-0.15, -0.1) is 0 Å². The molecular weight excluding hydrogens is 306 g/mol. The Morgan fingerprint density at radius 3 is 2.12 bits per heavy atom. The first-order valence-electron chi connectivity index (χ1n) is 8.28. The Bertz CT molecular complexity index is 892. The summed E-state index contributed by atoms with van der Waals surface area (Å²) < 4.78 is 0. The van der Waals surface area contributed by atoms with Crippen molar-refractivity contribution >= 4 is 23.1 Å². The summed E-state index contributed by atoms with van der Waals surface area (Å²) in [6.07, 6.45) is 0.820. The molecule has 3 aromatic carbocycles. The van der Waals surface area contributed by atoms with E-state index in [0.717, 1.165) is 23.4 Å². The maximum atomic E-state index is 4.44. The van der Waals surface area contributed by atoms with Crippen LogP contribution < -0.4 is 4.90 Å². The number of aliphatic imine (C=N–C) groups is 2. The van der Waals surface area contributed by atoms with E-state index in [1.165, 1.54) is 11.3 Å². The molecule has 25 heavy (non-hydrogen) atoms. The van der Waals surface area contributed by atoms with E-state index in [0.29, 0.717) is 0 Å². The molecule has 0 aliphatic heterocycles. The molecule has 3 nitrogen and oxygen atoms in total. The molecule has 0 aromatic heterocycles. The Morgan fingerprint density at radius 1 is 0.720 bits per heavy atom. The fourth-order valence-electron chi connectivity index (χ4n) is 2.71. The Kier molecular flexibility index (Phi) is 5.40. The van der Waals surface area contributed by atoms with Crippen LogP contribution >= 0.6 is 0 Å². The molecule has 0 saturated carbocycles. The first-order chi connectivity index (χ1) is 12.2. The highest BCUT2D eigenvalue weighted by atomic mass is 15.1. The van der Waals surface area contributed by atoms with Gasteiger partial charge in [0.25, 0.3) is 0 Å². The fourth-order valence-corrected chi connectivity index (χ4v) is 2.71. The van der Waals surface area contributed by atoms with Gasteiger partial charge in [-0.3, -0.25) is 0 Å². The van der Waals surface area contributed by atoms with Crippen LogP contribution in [0.4, 0.5) is 17.1 Å². The zero-order chi connectivity index (χ0) is 17.5. The molecule has 0 radical (unpaired) electrons. The van der Waals surface area contributed by atoms with Crippen LogP contribution in [0.15, 0.2) is 88.8 Å². The third-order valence-corrected chi connectivity index (χ3v) is 3.95.